The molecule has 0 radical (unpaired) electrons. The molecule has 0 spiro atoms. The number of nitrogens with zero attached hydrogens (tertiary/aromatic N) is 1. The normalized spacial score (nSPS) is 21.5. The summed E-state index contributed by atoms with van der Waals surface area (Å²) in [6, 6.07) is 8.02. The highest BCUT2D eigenvalue weighted by molar-refractivity contribution is 5.28. The van der Waals surface area contributed by atoms with E-state index in [1.165, 1.54) is 18.4 Å². The van der Waals surface area contributed by atoms with Gasteiger partial charge in [-0.1, -0.05) is 19.1 Å². The summed E-state index contributed by atoms with van der Waals surface area (Å²) in [6.07, 6.45) is 3.54. The van der Waals surface area contributed by atoms with Crippen molar-refractivity contribution in [2.75, 3.05) is 26.8 Å². The van der Waals surface area contributed by atoms with Gasteiger partial charge >= 0.3 is 0 Å². The van der Waals surface area contributed by atoms with E-state index in [9.17, 15) is 5.11 Å². The lowest BCUT2D eigenvalue weighted by atomic mass is 9.98. The number of aromatic hydroxyl groups is 1. The van der Waals surface area contributed by atoms with Crippen LogP contribution in [0, 0.1) is 5.92 Å². The lowest BCUT2D eigenvalue weighted by Crippen LogP contribution is -2.33. The van der Waals surface area contributed by atoms with Crippen molar-refractivity contribution in [2.45, 2.75) is 32.2 Å². The quantitative estimate of drug-likeness (QED) is 0.885. The van der Waals surface area contributed by atoms with Gasteiger partial charge in [0.2, 0.25) is 0 Å². The number of phenols is 1. The monoisotopic (exact) mass is 263 g/mol. The van der Waals surface area contributed by atoms with Gasteiger partial charge in [-0.15, -0.1) is 0 Å². The van der Waals surface area contributed by atoms with Crippen LogP contribution in [0.1, 0.15) is 37.8 Å². The highest BCUT2D eigenvalue weighted by atomic mass is 16.5. The van der Waals surface area contributed by atoms with Gasteiger partial charge in [-0.3, -0.25) is 4.90 Å². The van der Waals surface area contributed by atoms with Crippen molar-refractivity contribution in [2.24, 2.45) is 5.92 Å². The average molecular weight is 263 g/mol. The molecule has 0 amide bonds. The van der Waals surface area contributed by atoms with Gasteiger partial charge in [0.25, 0.3) is 0 Å². The van der Waals surface area contributed by atoms with Crippen LogP contribution in [0.2, 0.25) is 0 Å². The maximum absolute atomic E-state index is 9.38. The van der Waals surface area contributed by atoms with Gasteiger partial charge in [-0.05, 0) is 49.9 Å². The molecule has 1 fully saturated rings. The summed E-state index contributed by atoms with van der Waals surface area (Å²) in [7, 11) is 2.19. The van der Waals surface area contributed by atoms with Gasteiger partial charge in [0.15, 0.2) is 0 Å². The van der Waals surface area contributed by atoms with Crippen LogP contribution in [0.15, 0.2) is 24.3 Å². The lowest BCUT2D eigenvalue weighted by Gasteiger charge is -2.32. The van der Waals surface area contributed by atoms with Crippen molar-refractivity contribution in [1.82, 2.24) is 4.90 Å². The van der Waals surface area contributed by atoms with Crippen LogP contribution in [-0.4, -0.2) is 36.8 Å². The Morgan fingerprint density at radius 3 is 2.68 bits per heavy atom. The van der Waals surface area contributed by atoms with Crippen LogP contribution in [-0.2, 0) is 4.74 Å². The Kier molecular flexibility index (Phi) is 5.23. The van der Waals surface area contributed by atoms with Gasteiger partial charge in [-0.25, -0.2) is 0 Å². The van der Waals surface area contributed by atoms with E-state index in [1.807, 2.05) is 12.1 Å². The molecule has 1 heterocycles. The third-order valence-corrected chi connectivity index (χ3v) is 4.00. The Labute approximate surface area is 116 Å². The highest BCUT2D eigenvalue weighted by Crippen LogP contribution is 2.26. The Morgan fingerprint density at radius 1 is 1.37 bits per heavy atom. The molecule has 1 saturated heterocycles. The first-order valence-corrected chi connectivity index (χ1v) is 7.27. The summed E-state index contributed by atoms with van der Waals surface area (Å²) in [5, 5.41) is 9.38. The second kappa shape index (κ2) is 6.92. The van der Waals surface area contributed by atoms with Crippen molar-refractivity contribution in [3.8, 4) is 5.75 Å². The number of phenolic OH excluding ortho intramolecular Hbond substituents is 1. The zero-order valence-corrected chi connectivity index (χ0v) is 12.0. The Bertz CT molecular complexity index is 371. The third-order valence-electron chi connectivity index (χ3n) is 4.00. The first-order chi connectivity index (χ1) is 9.20. The van der Waals surface area contributed by atoms with Crippen LogP contribution < -0.4 is 0 Å². The predicted octanol–water partition coefficient (Wildman–Crippen LogP) is 3.20. The molecule has 0 saturated carbocycles. The molecular formula is C16H25NO2. The van der Waals surface area contributed by atoms with Gasteiger partial charge in [0, 0.05) is 19.2 Å². The van der Waals surface area contributed by atoms with E-state index >= 15 is 0 Å². The maximum atomic E-state index is 9.38. The van der Waals surface area contributed by atoms with Crippen molar-refractivity contribution in [3.63, 3.8) is 0 Å². The van der Waals surface area contributed by atoms with E-state index in [0.717, 1.165) is 26.2 Å². The second-order valence-corrected chi connectivity index (χ2v) is 5.54. The smallest absolute Gasteiger partial charge is 0.115 e. The summed E-state index contributed by atoms with van der Waals surface area (Å²) in [5.74, 6) is 0.992. The van der Waals surface area contributed by atoms with E-state index < -0.39 is 0 Å². The highest BCUT2D eigenvalue weighted by Gasteiger charge is 2.21. The molecule has 3 nitrogen and oxygen atoms in total. The van der Waals surface area contributed by atoms with E-state index in [0.29, 0.717) is 17.7 Å². The molecule has 0 aliphatic carbocycles. The number of hydrogen-bond acceptors (Lipinski definition) is 3. The SMILES string of the molecule is CCC(c1ccc(O)cc1)N(C)CC1CCCOC1. The van der Waals surface area contributed by atoms with E-state index in [-0.39, 0.29) is 0 Å². The molecule has 0 aromatic heterocycles. The van der Waals surface area contributed by atoms with Crippen molar-refractivity contribution in [3.05, 3.63) is 29.8 Å². The molecule has 19 heavy (non-hydrogen) atoms. The summed E-state index contributed by atoms with van der Waals surface area (Å²) in [5.41, 5.74) is 1.28. The van der Waals surface area contributed by atoms with Crippen molar-refractivity contribution < 1.29 is 9.84 Å². The molecule has 1 aliphatic heterocycles. The molecule has 2 unspecified atom stereocenters. The van der Waals surface area contributed by atoms with E-state index in [1.54, 1.807) is 12.1 Å². The molecule has 2 rings (SSSR count). The summed E-state index contributed by atoms with van der Waals surface area (Å²) in [6.45, 7) is 5.12. The molecular weight excluding hydrogens is 238 g/mol. The third kappa shape index (κ3) is 3.95. The average Bonchev–Trinajstić information content (AvgIpc) is 2.43. The molecule has 1 N–H and O–H groups in total. The number of benzene rings is 1. The van der Waals surface area contributed by atoms with Crippen molar-refractivity contribution >= 4 is 0 Å². The van der Waals surface area contributed by atoms with Crippen LogP contribution in [0.3, 0.4) is 0 Å². The van der Waals surface area contributed by atoms with Gasteiger partial charge in [0.1, 0.15) is 5.75 Å². The molecule has 0 bridgehead atoms. The van der Waals surface area contributed by atoms with E-state index in [2.05, 4.69) is 18.9 Å². The molecule has 1 aliphatic rings. The lowest BCUT2D eigenvalue weighted by molar-refractivity contribution is 0.0357. The Morgan fingerprint density at radius 2 is 2.11 bits per heavy atom. The van der Waals surface area contributed by atoms with Gasteiger partial charge in [-0.2, -0.15) is 0 Å². The van der Waals surface area contributed by atoms with Gasteiger partial charge in [0.05, 0.1) is 6.61 Å². The minimum Gasteiger partial charge on any atom is -0.508 e. The molecule has 3 heteroatoms. The Hall–Kier alpha value is -1.06. The van der Waals surface area contributed by atoms with Crippen LogP contribution in [0.5, 0.6) is 5.75 Å². The van der Waals surface area contributed by atoms with Crippen LogP contribution >= 0.6 is 0 Å². The topological polar surface area (TPSA) is 32.7 Å². The molecule has 106 valence electrons. The molecule has 1 aromatic carbocycles. The fraction of sp³-hybridized carbons (Fsp3) is 0.625. The molecule has 1 aromatic rings. The zero-order valence-electron chi connectivity index (χ0n) is 12.0. The van der Waals surface area contributed by atoms with Crippen molar-refractivity contribution in [1.29, 1.82) is 0 Å². The summed E-state index contributed by atoms with van der Waals surface area (Å²) in [4.78, 5) is 2.42. The maximum Gasteiger partial charge on any atom is 0.115 e. The van der Waals surface area contributed by atoms with Gasteiger partial charge < -0.3 is 9.84 Å². The standard InChI is InChI=1S/C16H25NO2/c1-3-16(14-6-8-15(18)9-7-14)17(2)11-13-5-4-10-19-12-13/h6-9,13,16,18H,3-5,10-12H2,1-2H3. The molecule has 2 atom stereocenters. The number of rotatable bonds is 5. The number of hydrogen-bond donors (Lipinski definition) is 1. The zero-order chi connectivity index (χ0) is 13.7. The van der Waals surface area contributed by atoms with Crippen LogP contribution in [0.25, 0.3) is 0 Å². The Balaban J connectivity index is 1.97. The minimum atomic E-state index is 0.335. The summed E-state index contributed by atoms with van der Waals surface area (Å²) >= 11 is 0. The first-order valence-electron chi connectivity index (χ1n) is 7.27. The first kappa shape index (κ1) is 14.4. The number of ether oxygens (including phenoxy) is 1. The summed E-state index contributed by atoms with van der Waals surface area (Å²) < 4.78 is 5.56. The predicted molar refractivity (Wildman–Crippen MR) is 77.3 cm³/mol. The van der Waals surface area contributed by atoms with E-state index in [4.69, 9.17) is 4.74 Å². The second-order valence-electron chi connectivity index (χ2n) is 5.54. The largest absolute Gasteiger partial charge is 0.508 e. The van der Waals surface area contributed by atoms with Crippen LogP contribution in [0.4, 0.5) is 0 Å². The fourth-order valence-electron chi connectivity index (χ4n) is 2.98. The fourth-order valence-corrected chi connectivity index (χ4v) is 2.98. The minimum absolute atomic E-state index is 0.335.